The first-order valence-corrected chi connectivity index (χ1v) is 8.19. The van der Waals surface area contributed by atoms with E-state index in [1.165, 1.54) is 0 Å². The zero-order valence-corrected chi connectivity index (χ0v) is 13.3. The number of ether oxygens (including phenoxy) is 2. The smallest absolute Gasteiger partial charge is 0.222 e. The number of carbonyl (C=O) groups is 1. The predicted molar refractivity (Wildman–Crippen MR) is 80.0 cm³/mol. The zero-order valence-electron chi connectivity index (χ0n) is 13.3. The lowest BCUT2D eigenvalue weighted by atomic mass is 9.83. The number of aliphatic hydroxyl groups is 1. The first-order valence-electron chi connectivity index (χ1n) is 8.19. The molecule has 0 aromatic rings. The van der Waals surface area contributed by atoms with Crippen LogP contribution in [-0.2, 0) is 14.3 Å². The highest BCUT2D eigenvalue weighted by Crippen LogP contribution is 2.36. The van der Waals surface area contributed by atoms with Gasteiger partial charge in [-0.15, -0.1) is 0 Å². The SMILES string of the molecule is CC(C)CC(=O)N1CCC2(CC1)CC(OCCO)CCO2. The average molecular weight is 299 g/mol. The van der Waals surface area contributed by atoms with Crippen molar-refractivity contribution in [1.29, 1.82) is 0 Å². The molecule has 2 rings (SSSR count). The van der Waals surface area contributed by atoms with Crippen molar-refractivity contribution in [3.8, 4) is 0 Å². The van der Waals surface area contributed by atoms with E-state index in [0.717, 1.165) is 45.4 Å². The number of aliphatic hydroxyl groups excluding tert-OH is 1. The fraction of sp³-hybridized carbons (Fsp3) is 0.938. The van der Waals surface area contributed by atoms with Crippen molar-refractivity contribution in [3.63, 3.8) is 0 Å². The Morgan fingerprint density at radius 2 is 2.14 bits per heavy atom. The van der Waals surface area contributed by atoms with Gasteiger partial charge in [-0.2, -0.15) is 0 Å². The topological polar surface area (TPSA) is 59.0 Å². The van der Waals surface area contributed by atoms with Gasteiger partial charge in [0.15, 0.2) is 0 Å². The minimum absolute atomic E-state index is 0.0713. The molecule has 1 amide bonds. The maximum atomic E-state index is 12.1. The Morgan fingerprint density at radius 1 is 1.43 bits per heavy atom. The molecule has 2 fully saturated rings. The molecule has 1 spiro atoms. The summed E-state index contributed by atoms with van der Waals surface area (Å²) in [4.78, 5) is 14.1. The van der Waals surface area contributed by atoms with Gasteiger partial charge in [0, 0.05) is 32.5 Å². The van der Waals surface area contributed by atoms with Crippen molar-refractivity contribution in [2.24, 2.45) is 5.92 Å². The summed E-state index contributed by atoms with van der Waals surface area (Å²) in [5.74, 6) is 0.680. The van der Waals surface area contributed by atoms with Crippen molar-refractivity contribution in [3.05, 3.63) is 0 Å². The molecule has 0 aliphatic carbocycles. The van der Waals surface area contributed by atoms with Crippen LogP contribution in [0.2, 0.25) is 0 Å². The number of carbonyl (C=O) groups excluding carboxylic acids is 1. The predicted octanol–water partition coefficient (Wildman–Crippen LogP) is 1.58. The molecule has 5 nitrogen and oxygen atoms in total. The van der Waals surface area contributed by atoms with Gasteiger partial charge in [0.2, 0.25) is 5.91 Å². The van der Waals surface area contributed by atoms with Crippen LogP contribution in [0.4, 0.5) is 0 Å². The lowest BCUT2D eigenvalue weighted by Crippen LogP contribution is -2.52. The van der Waals surface area contributed by atoms with E-state index in [9.17, 15) is 4.79 Å². The molecule has 5 heteroatoms. The van der Waals surface area contributed by atoms with Crippen LogP contribution in [0.5, 0.6) is 0 Å². The number of amides is 1. The Bertz CT molecular complexity index is 337. The van der Waals surface area contributed by atoms with Gasteiger partial charge in [-0.25, -0.2) is 0 Å². The molecule has 0 aromatic heterocycles. The molecule has 1 unspecified atom stereocenters. The second kappa shape index (κ2) is 7.56. The van der Waals surface area contributed by atoms with Crippen LogP contribution in [0, 0.1) is 5.92 Å². The maximum absolute atomic E-state index is 12.1. The molecule has 0 saturated carbocycles. The van der Waals surface area contributed by atoms with Gasteiger partial charge in [-0.05, 0) is 25.2 Å². The molecule has 0 bridgehead atoms. The third-order valence-electron chi connectivity index (χ3n) is 4.50. The monoisotopic (exact) mass is 299 g/mol. The van der Waals surface area contributed by atoms with Crippen molar-refractivity contribution in [2.45, 2.75) is 57.7 Å². The van der Waals surface area contributed by atoms with E-state index in [1.54, 1.807) is 0 Å². The van der Waals surface area contributed by atoms with Gasteiger partial charge >= 0.3 is 0 Å². The molecule has 2 aliphatic rings. The number of hydrogen-bond donors (Lipinski definition) is 1. The summed E-state index contributed by atoms with van der Waals surface area (Å²) in [5.41, 5.74) is -0.118. The molecule has 0 aromatic carbocycles. The molecule has 122 valence electrons. The van der Waals surface area contributed by atoms with Gasteiger partial charge in [-0.3, -0.25) is 4.79 Å². The quantitative estimate of drug-likeness (QED) is 0.837. The maximum Gasteiger partial charge on any atom is 0.222 e. The fourth-order valence-electron chi connectivity index (χ4n) is 3.33. The van der Waals surface area contributed by atoms with E-state index in [4.69, 9.17) is 14.6 Å². The van der Waals surface area contributed by atoms with Gasteiger partial charge in [0.25, 0.3) is 0 Å². The Morgan fingerprint density at radius 3 is 2.76 bits per heavy atom. The largest absolute Gasteiger partial charge is 0.394 e. The van der Waals surface area contributed by atoms with Crippen molar-refractivity contribution in [1.82, 2.24) is 4.90 Å². The Balaban J connectivity index is 1.82. The summed E-state index contributed by atoms with van der Waals surface area (Å²) in [6.07, 6.45) is 4.41. The minimum atomic E-state index is -0.118. The lowest BCUT2D eigenvalue weighted by molar-refractivity contribution is -0.162. The number of nitrogens with zero attached hydrogens (tertiary/aromatic N) is 1. The van der Waals surface area contributed by atoms with Crippen LogP contribution < -0.4 is 0 Å². The van der Waals surface area contributed by atoms with E-state index in [-0.39, 0.29) is 24.2 Å². The Hall–Kier alpha value is -0.650. The highest BCUT2D eigenvalue weighted by atomic mass is 16.5. The van der Waals surface area contributed by atoms with Crippen LogP contribution in [-0.4, -0.2) is 60.5 Å². The molecule has 21 heavy (non-hydrogen) atoms. The molecule has 0 radical (unpaired) electrons. The summed E-state index contributed by atoms with van der Waals surface area (Å²) in [6.45, 7) is 6.93. The Kier molecular flexibility index (Phi) is 6.02. The molecular formula is C16H29NO4. The van der Waals surface area contributed by atoms with Gasteiger partial charge in [0.1, 0.15) is 0 Å². The summed E-state index contributed by atoms with van der Waals surface area (Å²) in [5, 5.41) is 8.87. The normalized spacial score (nSPS) is 25.5. The standard InChI is InChI=1S/C16H29NO4/c1-13(2)11-15(19)17-6-4-16(5-7-17)12-14(3-9-21-16)20-10-8-18/h13-14,18H,3-12H2,1-2H3. The number of rotatable bonds is 5. The van der Waals surface area contributed by atoms with Crippen LogP contribution in [0.15, 0.2) is 0 Å². The van der Waals surface area contributed by atoms with Crippen LogP contribution in [0.1, 0.15) is 46.0 Å². The highest BCUT2D eigenvalue weighted by Gasteiger charge is 2.41. The van der Waals surface area contributed by atoms with E-state index in [1.807, 2.05) is 4.90 Å². The van der Waals surface area contributed by atoms with E-state index < -0.39 is 0 Å². The number of likely N-dealkylation sites (tertiary alicyclic amines) is 1. The molecule has 2 heterocycles. The first kappa shape index (κ1) is 16.7. The molecule has 2 aliphatic heterocycles. The zero-order chi connectivity index (χ0) is 15.3. The third kappa shape index (κ3) is 4.66. The molecule has 1 N–H and O–H groups in total. The summed E-state index contributed by atoms with van der Waals surface area (Å²) in [7, 11) is 0. The second-order valence-electron chi connectivity index (χ2n) is 6.72. The summed E-state index contributed by atoms with van der Waals surface area (Å²) < 4.78 is 11.7. The minimum Gasteiger partial charge on any atom is -0.394 e. The van der Waals surface area contributed by atoms with Crippen LogP contribution in [0.25, 0.3) is 0 Å². The molecule has 2 saturated heterocycles. The third-order valence-corrected chi connectivity index (χ3v) is 4.50. The van der Waals surface area contributed by atoms with Crippen molar-refractivity contribution >= 4 is 5.91 Å². The number of piperidine rings is 1. The average Bonchev–Trinajstić information content (AvgIpc) is 2.45. The summed E-state index contributed by atoms with van der Waals surface area (Å²) in [6, 6.07) is 0. The van der Waals surface area contributed by atoms with Crippen molar-refractivity contribution < 1.29 is 19.4 Å². The van der Waals surface area contributed by atoms with Gasteiger partial charge in [0.05, 0.1) is 24.9 Å². The van der Waals surface area contributed by atoms with Crippen molar-refractivity contribution in [2.75, 3.05) is 32.9 Å². The highest BCUT2D eigenvalue weighted by molar-refractivity contribution is 5.76. The van der Waals surface area contributed by atoms with Gasteiger partial charge < -0.3 is 19.5 Å². The van der Waals surface area contributed by atoms with E-state index in [2.05, 4.69) is 13.8 Å². The van der Waals surface area contributed by atoms with Gasteiger partial charge in [-0.1, -0.05) is 13.8 Å². The second-order valence-corrected chi connectivity index (χ2v) is 6.72. The van der Waals surface area contributed by atoms with E-state index in [0.29, 0.717) is 18.9 Å². The van der Waals surface area contributed by atoms with E-state index >= 15 is 0 Å². The van der Waals surface area contributed by atoms with Crippen LogP contribution >= 0.6 is 0 Å². The first-order chi connectivity index (χ1) is 10.0. The summed E-state index contributed by atoms with van der Waals surface area (Å²) >= 11 is 0. The van der Waals surface area contributed by atoms with Crippen LogP contribution in [0.3, 0.4) is 0 Å². The lowest BCUT2D eigenvalue weighted by Gasteiger charge is -2.46. The molecule has 1 atom stereocenters. The fourth-order valence-corrected chi connectivity index (χ4v) is 3.33. The molecular weight excluding hydrogens is 270 g/mol. The Labute approximate surface area is 127 Å². The number of hydrogen-bond acceptors (Lipinski definition) is 4.